The van der Waals surface area contributed by atoms with E-state index >= 15 is 0 Å². The molecular formula is C17H24N4. The van der Waals surface area contributed by atoms with Crippen molar-refractivity contribution in [2.45, 2.75) is 53.1 Å². The first-order valence-electron chi connectivity index (χ1n) is 7.75. The van der Waals surface area contributed by atoms with Gasteiger partial charge in [0, 0.05) is 43.1 Å². The fourth-order valence-corrected chi connectivity index (χ4v) is 2.96. The highest BCUT2D eigenvalue weighted by molar-refractivity contribution is 5.25. The Bertz CT molecular complexity index is 642. The Morgan fingerprint density at radius 3 is 2.81 bits per heavy atom. The number of aromatic amines is 1. The highest BCUT2D eigenvalue weighted by Crippen LogP contribution is 2.21. The van der Waals surface area contributed by atoms with E-state index in [2.05, 4.69) is 48.6 Å². The normalized spacial score (nSPS) is 15.5. The first kappa shape index (κ1) is 14.3. The third-order valence-electron chi connectivity index (χ3n) is 4.20. The van der Waals surface area contributed by atoms with Crippen molar-refractivity contribution in [3.8, 4) is 0 Å². The van der Waals surface area contributed by atoms with E-state index in [1.807, 2.05) is 6.20 Å². The first-order valence-corrected chi connectivity index (χ1v) is 7.75. The second kappa shape index (κ2) is 5.60. The minimum absolute atomic E-state index is 0.388. The smallest absolute Gasteiger partial charge is 0.131 e. The quantitative estimate of drug-likeness (QED) is 0.942. The molecule has 0 spiro atoms. The van der Waals surface area contributed by atoms with Crippen LogP contribution in [0, 0.1) is 13.8 Å². The summed E-state index contributed by atoms with van der Waals surface area (Å²) in [7, 11) is 0. The van der Waals surface area contributed by atoms with E-state index in [0.29, 0.717) is 5.92 Å². The van der Waals surface area contributed by atoms with Crippen LogP contribution in [0.1, 0.15) is 53.8 Å². The largest absolute Gasteiger partial charge is 0.361 e. The van der Waals surface area contributed by atoms with E-state index < -0.39 is 0 Å². The van der Waals surface area contributed by atoms with E-state index in [-0.39, 0.29) is 0 Å². The Morgan fingerprint density at radius 1 is 1.33 bits per heavy atom. The van der Waals surface area contributed by atoms with Crippen LogP contribution in [-0.4, -0.2) is 26.4 Å². The molecule has 0 bridgehead atoms. The fraction of sp³-hybridized carbons (Fsp3) is 0.529. The van der Waals surface area contributed by atoms with Crippen molar-refractivity contribution in [3.05, 3.63) is 46.3 Å². The lowest BCUT2D eigenvalue weighted by molar-refractivity contribution is 0.237. The second-order valence-corrected chi connectivity index (χ2v) is 6.43. The van der Waals surface area contributed by atoms with E-state index in [1.54, 1.807) is 0 Å². The number of nitrogens with one attached hydrogen (secondary N) is 1. The lowest BCUT2D eigenvalue weighted by Gasteiger charge is -2.28. The zero-order valence-corrected chi connectivity index (χ0v) is 13.4. The fourth-order valence-electron chi connectivity index (χ4n) is 2.96. The van der Waals surface area contributed by atoms with Gasteiger partial charge < -0.3 is 4.98 Å². The summed E-state index contributed by atoms with van der Waals surface area (Å²) in [6.45, 7) is 11.6. The molecule has 2 aromatic rings. The van der Waals surface area contributed by atoms with Gasteiger partial charge in [-0.15, -0.1) is 0 Å². The van der Waals surface area contributed by atoms with Crippen LogP contribution < -0.4 is 0 Å². The monoisotopic (exact) mass is 284 g/mol. The molecule has 0 aliphatic carbocycles. The molecule has 0 aromatic carbocycles. The molecule has 1 aliphatic heterocycles. The molecule has 0 radical (unpaired) electrons. The Hall–Kier alpha value is -1.68. The molecule has 0 atom stereocenters. The molecule has 0 saturated carbocycles. The maximum atomic E-state index is 4.77. The van der Waals surface area contributed by atoms with Crippen LogP contribution in [-0.2, 0) is 19.5 Å². The van der Waals surface area contributed by atoms with E-state index in [1.165, 1.54) is 28.2 Å². The number of nitrogens with zero attached hydrogens (tertiary/aromatic N) is 3. The number of aromatic nitrogens is 3. The van der Waals surface area contributed by atoms with Gasteiger partial charge in [0.2, 0.25) is 0 Å². The number of fused-ring (bicyclic) bond motifs is 1. The summed E-state index contributed by atoms with van der Waals surface area (Å²) in [6, 6.07) is 2.21. The van der Waals surface area contributed by atoms with Gasteiger partial charge in [0.1, 0.15) is 5.82 Å². The maximum absolute atomic E-state index is 4.77. The summed E-state index contributed by atoms with van der Waals surface area (Å²) in [6.07, 6.45) is 3.07. The molecule has 4 nitrogen and oxygen atoms in total. The average molecular weight is 284 g/mol. The standard InChI is InChI=1S/C17H24N4/c1-11(2)17-18-8-14-5-6-21(10-16(14)20-17)9-15-12(3)7-13(4)19-15/h7-8,11,19H,5-6,9-10H2,1-4H3. The van der Waals surface area contributed by atoms with Crippen LogP contribution in [0.3, 0.4) is 0 Å². The van der Waals surface area contributed by atoms with Crippen molar-refractivity contribution in [1.82, 2.24) is 19.9 Å². The van der Waals surface area contributed by atoms with Crippen molar-refractivity contribution in [2.75, 3.05) is 6.54 Å². The van der Waals surface area contributed by atoms with Crippen LogP contribution in [0.5, 0.6) is 0 Å². The summed E-state index contributed by atoms with van der Waals surface area (Å²) in [5.74, 6) is 1.35. The molecule has 0 saturated heterocycles. The van der Waals surface area contributed by atoms with Crippen molar-refractivity contribution in [3.63, 3.8) is 0 Å². The first-order chi connectivity index (χ1) is 10.0. The van der Waals surface area contributed by atoms with Crippen molar-refractivity contribution in [2.24, 2.45) is 0 Å². The molecule has 1 aliphatic rings. The van der Waals surface area contributed by atoms with E-state index in [4.69, 9.17) is 4.98 Å². The number of hydrogen-bond acceptors (Lipinski definition) is 3. The van der Waals surface area contributed by atoms with Gasteiger partial charge >= 0.3 is 0 Å². The molecule has 3 rings (SSSR count). The summed E-state index contributed by atoms with van der Waals surface area (Å²) in [5, 5.41) is 0. The predicted molar refractivity (Wildman–Crippen MR) is 84.2 cm³/mol. The lowest BCUT2D eigenvalue weighted by Crippen LogP contribution is -2.31. The molecule has 0 fully saturated rings. The molecule has 112 valence electrons. The third-order valence-corrected chi connectivity index (χ3v) is 4.20. The molecule has 3 heterocycles. The van der Waals surface area contributed by atoms with Crippen LogP contribution in [0.25, 0.3) is 0 Å². The predicted octanol–water partition coefficient (Wildman–Crippen LogP) is 3.10. The zero-order chi connectivity index (χ0) is 15.0. The topological polar surface area (TPSA) is 44.8 Å². The third kappa shape index (κ3) is 3.00. The number of H-pyrrole nitrogens is 1. The SMILES string of the molecule is Cc1cc(C)c(CN2CCc3cnc(C(C)C)nc3C2)[nH]1. The molecule has 4 heteroatoms. The number of aryl methyl sites for hydroxylation is 2. The van der Waals surface area contributed by atoms with Gasteiger partial charge in [0.25, 0.3) is 0 Å². The lowest BCUT2D eigenvalue weighted by atomic mass is 10.1. The Morgan fingerprint density at radius 2 is 2.14 bits per heavy atom. The molecular weight excluding hydrogens is 260 g/mol. The summed E-state index contributed by atoms with van der Waals surface area (Å²) < 4.78 is 0. The Labute approximate surface area is 126 Å². The Kier molecular flexibility index (Phi) is 3.81. The van der Waals surface area contributed by atoms with Crippen LogP contribution in [0.2, 0.25) is 0 Å². The van der Waals surface area contributed by atoms with Gasteiger partial charge in [-0.25, -0.2) is 9.97 Å². The van der Waals surface area contributed by atoms with E-state index in [9.17, 15) is 0 Å². The summed E-state index contributed by atoms with van der Waals surface area (Å²) in [5.41, 5.74) is 6.44. The maximum Gasteiger partial charge on any atom is 0.131 e. The highest BCUT2D eigenvalue weighted by atomic mass is 15.1. The highest BCUT2D eigenvalue weighted by Gasteiger charge is 2.20. The van der Waals surface area contributed by atoms with Crippen molar-refractivity contribution in [1.29, 1.82) is 0 Å². The van der Waals surface area contributed by atoms with Crippen molar-refractivity contribution < 1.29 is 0 Å². The molecule has 1 N–H and O–H groups in total. The van der Waals surface area contributed by atoms with Gasteiger partial charge in [0.15, 0.2) is 0 Å². The van der Waals surface area contributed by atoms with Crippen molar-refractivity contribution >= 4 is 0 Å². The van der Waals surface area contributed by atoms with Crippen LogP contribution >= 0.6 is 0 Å². The summed E-state index contributed by atoms with van der Waals surface area (Å²) in [4.78, 5) is 15.2. The van der Waals surface area contributed by atoms with Crippen LogP contribution in [0.15, 0.2) is 12.3 Å². The zero-order valence-electron chi connectivity index (χ0n) is 13.4. The van der Waals surface area contributed by atoms with Gasteiger partial charge in [-0.1, -0.05) is 13.8 Å². The molecule has 2 aromatic heterocycles. The average Bonchev–Trinajstić information content (AvgIpc) is 2.76. The van der Waals surface area contributed by atoms with E-state index in [0.717, 1.165) is 31.9 Å². The molecule has 0 unspecified atom stereocenters. The summed E-state index contributed by atoms with van der Waals surface area (Å²) >= 11 is 0. The minimum atomic E-state index is 0.388. The minimum Gasteiger partial charge on any atom is -0.361 e. The van der Waals surface area contributed by atoms with Crippen LogP contribution in [0.4, 0.5) is 0 Å². The van der Waals surface area contributed by atoms with Gasteiger partial charge in [-0.05, 0) is 37.5 Å². The molecule has 0 amide bonds. The molecule has 21 heavy (non-hydrogen) atoms. The number of hydrogen-bond donors (Lipinski definition) is 1. The number of rotatable bonds is 3. The van der Waals surface area contributed by atoms with Gasteiger partial charge in [-0.2, -0.15) is 0 Å². The van der Waals surface area contributed by atoms with Gasteiger partial charge in [-0.3, -0.25) is 4.90 Å². The van der Waals surface area contributed by atoms with Gasteiger partial charge in [0.05, 0.1) is 5.69 Å². The Balaban J connectivity index is 1.77. The second-order valence-electron chi connectivity index (χ2n) is 6.43.